The first-order chi connectivity index (χ1) is 15.8. The molecule has 1 aliphatic heterocycles. The molecule has 0 unspecified atom stereocenters. The van der Waals surface area contributed by atoms with Gasteiger partial charge in [0, 0.05) is 30.2 Å². The van der Waals surface area contributed by atoms with Gasteiger partial charge in [-0.1, -0.05) is 50.2 Å². The van der Waals surface area contributed by atoms with Crippen molar-refractivity contribution < 1.29 is 19.1 Å². The zero-order valence-corrected chi connectivity index (χ0v) is 19.3. The molecule has 3 aromatic rings. The van der Waals surface area contributed by atoms with Crippen LogP contribution in [0.25, 0.3) is 16.3 Å². The van der Waals surface area contributed by atoms with Crippen LogP contribution in [0.3, 0.4) is 0 Å². The smallest absolute Gasteiger partial charge is 0.308 e. The predicted octanol–water partition coefficient (Wildman–Crippen LogP) is 6.08. The van der Waals surface area contributed by atoms with Crippen molar-refractivity contribution in [3.05, 3.63) is 71.3 Å². The summed E-state index contributed by atoms with van der Waals surface area (Å²) in [5, 5.41) is 5.92. The molecule has 1 aliphatic carbocycles. The van der Waals surface area contributed by atoms with E-state index in [0.29, 0.717) is 17.9 Å². The van der Waals surface area contributed by atoms with E-state index in [2.05, 4.69) is 43.4 Å². The number of allylic oxidation sites excluding steroid dienone is 1. The molecule has 5 heteroatoms. The Balaban J connectivity index is 1.73. The highest BCUT2D eigenvalue weighted by Gasteiger charge is 2.41. The van der Waals surface area contributed by atoms with E-state index in [1.54, 1.807) is 12.1 Å². The van der Waals surface area contributed by atoms with Crippen LogP contribution >= 0.6 is 0 Å². The number of ether oxygens (including phenoxy) is 2. The first kappa shape index (κ1) is 21.3. The summed E-state index contributed by atoms with van der Waals surface area (Å²) in [5.74, 6) is 0.553. The monoisotopic (exact) mass is 441 g/mol. The molecule has 3 aromatic carbocycles. The molecule has 0 aromatic heterocycles. The van der Waals surface area contributed by atoms with E-state index in [9.17, 15) is 9.59 Å². The molecule has 0 bridgehead atoms. The summed E-state index contributed by atoms with van der Waals surface area (Å²) in [5.41, 5.74) is 4.77. The van der Waals surface area contributed by atoms with E-state index in [-0.39, 0.29) is 17.2 Å². The number of anilines is 1. The summed E-state index contributed by atoms with van der Waals surface area (Å²) in [6.45, 7) is 5.67. The maximum Gasteiger partial charge on any atom is 0.308 e. The topological polar surface area (TPSA) is 64.6 Å². The molecule has 0 saturated heterocycles. The summed E-state index contributed by atoms with van der Waals surface area (Å²) >= 11 is 0. The SMILES string of the molecule is COc1ccc([C@@H]2Nc3ccc4ccccc4c3C3=C2C(=O)CC(C)(C)C3)cc1OC(C)=O. The van der Waals surface area contributed by atoms with Gasteiger partial charge in [-0.15, -0.1) is 0 Å². The van der Waals surface area contributed by atoms with E-state index < -0.39 is 5.97 Å². The van der Waals surface area contributed by atoms with Crippen LogP contribution in [0.4, 0.5) is 5.69 Å². The van der Waals surface area contributed by atoms with E-state index >= 15 is 0 Å². The first-order valence-corrected chi connectivity index (χ1v) is 11.2. The van der Waals surface area contributed by atoms with Crippen LogP contribution in [0, 0.1) is 5.41 Å². The third-order valence-electron chi connectivity index (χ3n) is 6.51. The van der Waals surface area contributed by atoms with Gasteiger partial charge in [0.1, 0.15) is 0 Å². The van der Waals surface area contributed by atoms with Crippen LogP contribution < -0.4 is 14.8 Å². The Morgan fingerprint density at radius 3 is 2.58 bits per heavy atom. The zero-order chi connectivity index (χ0) is 23.3. The van der Waals surface area contributed by atoms with Crippen molar-refractivity contribution in [3.63, 3.8) is 0 Å². The van der Waals surface area contributed by atoms with E-state index in [0.717, 1.165) is 45.2 Å². The van der Waals surface area contributed by atoms with Crippen molar-refractivity contribution in [2.24, 2.45) is 5.41 Å². The number of ketones is 1. The number of carbonyl (C=O) groups is 2. The molecule has 1 heterocycles. The Kier molecular flexibility index (Phi) is 5.00. The normalized spacial score (nSPS) is 18.9. The number of nitrogens with one attached hydrogen (secondary N) is 1. The molecule has 1 atom stereocenters. The van der Waals surface area contributed by atoms with Gasteiger partial charge in [-0.2, -0.15) is 0 Å². The quantitative estimate of drug-likeness (QED) is 0.394. The molecular weight excluding hydrogens is 414 g/mol. The summed E-state index contributed by atoms with van der Waals surface area (Å²) in [6.07, 6.45) is 1.32. The molecule has 0 radical (unpaired) electrons. The highest BCUT2D eigenvalue weighted by Crippen LogP contribution is 2.52. The first-order valence-electron chi connectivity index (χ1n) is 11.2. The number of esters is 1. The summed E-state index contributed by atoms with van der Waals surface area (Å²) < 4.78 is 10.8. The molecule has 2 aliphatic rings. The summed E-state index contributed by atoms with van der Waals surface area (Å²) in [7, 11) is 1.54. The number of methoxy groups -OCH3 is 1. The lowest BCUT2D eigenvalue weighted by Gasteiger charge is -2.40. The van der Waals surface area contributed by atoms with E-state index in [4.69, 9.17) is 9.47 Å². The molecular formula is C28H27NO4. The fourth-order valence-corrected chi connectivity index (χ4v) is 5.19. The second-order valence-electron chi connectivity index (χ2n) is 9.62. The molecule has 5 nitrogen and oxygen atoms in total. The predicted molar refractivity (Wildman–Crippen MR) is 130 cm³/mol. The Hall–Kier alpha value is -3.60. The van der Waals surface area contributed by atoms with Gasteiger partial charge in [0.2, 0.25) is 0 Å². The highest BCUT2D eigenvalue weighted by atomic mass is 16.6. The van der Waals surface area contributed by atoms with Gasteiger partial charge in [-0.25, -0.2) is 0 Å². The van der Waals surface area contributed by atoms with Gasteiger partial charge < -0.3 is 14.8 Å². The van der Waals surface area contributed by atoms with Crippen LogP contribution in [0.1, 0.15) is 50.8 Å². The number of rotatable bonds is 3. The molecule has 168 valence electrons. The fourth-order valence-electron chi connectivity index (χ4n) is 5.19. The number of carbonyl (C=O) groups excluding carboxylic acids is 2. The molecule has 1 N–H and O–H groups in total. The van der Waals surface area contributed by atoms with Crippen molar-refractivity contribution in [2.75, 3.05) is 12.4 Å². The fraction of sp³-hybridized carbons (Fsp3) is 0.286. The van der Waals surface area contributed by atoms with Gasteiger partial charge in [0.25, 0.3) is 0 Å². The second kappa shape index (κ2) is 7.77. The number of benzene rings is 3. The highest BCUT2D eigenvalue weighted by molar-refractivity contribution is 6.12. The lowest BCUT2D eigenvalue weighted by atomic mass is 9.68. The number of fused-ring (bicyclic) bond motifs is 4. The third-order valence-corrected chi connectivity index (χ3v) is 6.51. The van der Waals surface area contributed by atoms with Gasteiger partial charge in [-0.3, -0.25) is 9.59 Å². The average molecular weight is 442 g/mol. The molecule has 0 spiro atoms. The number of hydrogen-bond acceptors (Lipinski definition) is 5. The van der Waals surface area contributed by atoms with Crippen molar-refractivity contribution in [1.29, 1.82) is 0 Å². The van der Waals surface area contributed by atoms with Gasteiger partial charge in [0.15, 0.2) is 17.3 Å². The largest absolute Gasteiger partial charge is 0.493 e. The Morgan fingerprint density at radius 2 is 1.82 bits per heavy atom. The molecule has 0 fully saturated rings. The van der Waals surface area contributed by atoms with Crippen LogP contribution in [0.5, 0.6) is 11.5 Å². The Labute approximate surface area is 193 Å². The van der Waals surface area contributed by atoms with E-state index in [1.165, 1.54) is 14.0 Å². The summed E-state index contributed by atoms with van der Waals surface area (Å²) in [6, 6.07) is 17.7. The Bertz CT molecular complexity index is 1330. The minimum Gasteiger partial charge on any atom is -0.493 e. The van der Waals surface area contributed by atoms with Crippen LogP contribution in [0.2, 0.25) is 0 Å². The second-order valence-corrected chi connectivity index (χ2v) is 9.62. The zero-order valence-electron chi connectivity index (χ0n) is 19.3. The molecule has 0 saturated carbocycles. The lowest BCUT2D eigenvalue weighted by molar-refractivity contribution is -0.132. The van der Waals surface area contributed by atoms with Crippen molar-refractivity contribution in [3.8, 4) is 11.5 Å². The average Bonchev–Trinajstić information content (AvgIpc) is 2.76. The number of Topliss-reactive ketones (excluding diaryl/α,β-unsaturated/α-hetero) is 1. The molecule has 0 amide bonds. The maximum atomic E-state index is 13.6. The van der Waals surface area contributed by atoms with Crippen molar-refractivity contribution in [2.45, 2.75) is 39.7 Å². The van der Waals surface area contributed by atoms with Crippen molar-refractivity contribution in [1.82, 2.24) is 0 Å². The van der Waals surface area contributed by atoms with Crippen molar-refractivity contribution >= 4 is 33.8 Å². The molecule has 33 heavy (non-hydrogen) atoms. The van der Waals surface area contributed by atoms with E-state index in [1.807, 2.05) is 18.2 Å². The van der Waals surface area contributed by atoms with Gasteiger partial charge in [-0.05, 0) is 51.9 Å². The van der Waals surface area contributed by atoms with Gasteiger partial charge in [0.05, 0.1) is 13.2 Å². The van der Waals surface area contributed by atoms with Gasteiger partial charge >= 0.3 is 5.97 Å². The minimum absolute atomic E-state index is 0.116. The summed E-state index contributed by atoms with van der Waals surface area (Å²) in [4.78, 5) is 25.2. The lowest BCUT2D eigenvalue weighted by Crippen LogP contribution is -2.33. The molecule has 5 rings (SSSR count). The van der Waals surface area contributed by atoms with Crippen LogP contribution in [-0.2, 0) is 9.59 Å². The Morgan fingerprint density at radius 1 is 1.03 bits per heavy atom. The third kappa shape index (κ3) is 3.67. The van der Waals surface area contributed by atoms with Crippen LogP contribution in [-0.4, -0.2) is 18.9 Å². The number of hydrogen-bond donors (Lipinski definition) is 1. The standard InChI is InChI=1S/C28H27NO4/c1-16(30)33-24-13-18(10-12-23(24)32-4)27-26-20(14-28(2,3)15-22(26)31)25-19-8-6-5-7-17(19)9-11-21(25)29-27/h5-13,27,29H,14-15H2,1-4H3/t27-/m0/s1. The maximum absolute atomic E-state index is 13.6. The minimum atomic E-state index is -0.422. The van der Waals surface area contributed by atoms with Crippen LogP contribution in [0.15, 0.2) is 60.2 Å².